The van der Waals surface area contributed by atoms with E-state index in [0.29, 0.717) is 12.2 Å². The van der Waals surface area contributed by atoms with Crippen molar-refractivity contribution in [3.8, 4) is 0 Å². The number of unbranched alkanes of at least 4 members (excludes halogenated alkanes) is 10. The van der Waals surface area contributed by atoms with Gasteiger partial charge in [0.05, 0.1) is 17.7 Å². The Labute approximate surface area is 151 Å². The molecule has 1 aromatic rings. The van der Waals surface area contributed by atoms with Crippen LogP contribution in [0, 0.1) is 0 Å². The van der Waals surface area contributed by atoms with Crippen LogP contribution >= 0.6 is 0 Å². The fraction of sp³-hybridized carbons (Fsp3) is 0.619. The number of esters is 1. The van der Waals surface area contributed by atoms with Crippen molar-refractivity contribution in [2.75, 3.05) is 6.61 Å². The number of aromatic carboxylic acids is 1. The Hall–Kier alpha value is -1.84. The number of carboxylic acid groups (broad SMARTS) is 1. The average molecular weight is 348 g/mol. The number of ether oxygens (including phenoxy) is 1. The van der Waals surface area contributed by atoms with Crippen LogP contribution in [0.15, 0.2) is 24.3 Å². The van der Waals surface area contributed by atoms with E-state index in [2.05, 4.69) is 6.92 Å². The number of carbonyl (C=O) groups excluding carboxylic acids is 1. The second-order valence-electron chi connectivity index (χ2n) is 6.55. The van der Waals surface area contributed by atoms with Gasteiger partial charge in [0.25, 0.3) is 0 Å². The lowest BCUT2D eigenvalue weighted by Gasteiger charge is -2.05. The molecule has 0 unspecified atom stereocenters. The minimum atomic E-state index is -0.999. The molecule has 0 heterocycles. The Bertz CT molecular complexity index is 493. The third-order valence-corrected chi connectivity index (χ3v) is 4.35. The molecule has 4 heteroatoms. The van der Waals surface area contributed by atoms with Crippen molar-refractivity contribution in [1.29, 1.82) is 0 Å². The standard InChI is InChI=1S/C21H32O4/c1-2-3-4-5-6-7-8-9-10-11-12-17-25-21(24)19-15-13-18(14-16-19)20(22)23/h13-16H,2-12,17H2,1H3,(H,22,23). The van der Waals surface area contributed by atoms with Gasteiger partial charge in [-0.15, -0.1) is 0 Å². The number of benzene rings is 1. The summed E-state index contributed by atoms with van der Waals surface area (Å²) in [6.45, 7) is 2.67. The molecule has 0 aliphatic carbocycles. The Morgan fingerprint density at radius 3 is 1.68 bits per heavy atom. The third kappa shape index (κ3) is 9.90. The van der Waals surface area contributed by atoms with Gasteiger partial charge in [0.15, 0.2) is 0 Å². The highest BCUT2D eigenvalue weighted by Gasteiger charge is 2.08. The van der Waals surface area contributed by atoms with Gasteiger partial charge in [0.2, 0.25) is 0 Å². The van der Waals surface area contributed by atoms with E-state index in [1.807, 2.05) is 0 Å². The minimum absolute atomic E-state index is 0.168. The highest BCUT2D eigenvalue weighted by atomic mass is 16.5. The first-order chi connectivity index (χ1) is 12.1. The molecular weight excluding hydrogens is 316 g/mol. The van der Waals surface area contributed by atoms with Gasteiger partial charge in [-0.2, -0.15) is 0 Å². The van der Waals surface area contributed by atoms with E-state index in [1.165, 1.54) is 82.1 Å². The summed E-state index contributed by atoms with van der Waals surface area (Å²) < 4.78 is 5.22. The number of carboxylic acids is 1. The van der Waals surface area contributed by atoms with Gasteiger partial charge in [-0.25, -0.2) is 9.59 Å². The van der Waals surface area contributed by atoms with Crippen LogP contribution in [-0.4, -0.2) is 23.7 Å². The maximum atomic E-state index is 11.8. The van der Waals surface area contributed by atoms with Gasteiger partial charge in [-0.3, -0.25) is 0 Å². The number of hydrogen-bond acceptors (Lipinski definition) is 3. The largest absolute Gasteiger partial charge is 0.478 e. The van der Waals surface area contributed by atoms with E-state index in [0.717, 1.165) is 12.8 Å². The summed E-state index contributed by atoms with van der Waals surface area (Å²) in [4.78, 5) is 22.6. The Morgan fingerprint density at radius 1 is 0.760 bits per heavy atom. The fourth-order valence-electron chi connectivity index (χ4n) is 2.76. The number of rotatable bonds is 14. The molecule has 0 radical (unpaired) electrons. The summed E-state index contributed by atoms with van der Waals surface area (Å²) in [6, 6.07) is 5.82. The fourth-order valence-corrected chi connectivity index (χ4v) is 2.76. The molecule has 140 valence electrons. The lowest BCUT2D eigenvalue weighted by atomic mass is 10.1. The van der Waals surface area contributed by atoms with Crippen LogP contribution in [0.5, 0.6) is 0 Å². The molecule has 0 bridgehead atoms. The SMILES string of the molecule is CCCCCCCCCCCCCOC(=O)c1ccc(C(=O)O)cc1. The predicted octanol–water partition coefficient (Wildman–Crippen LogP) is 5.85. The molecule has 0 aliphatic rings. The van der Waals surface area contributed by atoms with E-state index in [4.69, 9.17) is 9.84 Å². The number of carbonyl (C=O) groups is 2. The summed E-state index contributed by atoms with van der Waals surface area (Å²) in [5.74, 6) is -1.38. The van der Waals surface area contributed by atoms with Crippen molar-refractivity contribution >= 4 is 11.9 Å². The molecule has 0 saturated heterocycles. The second-order valence-corrected chi connectivity index (χ2v) is 6.55. The second kappa shape index (κ2) is 13.5. The van der Waals surface area contributed by atoms with Gasteiger partial charge in [-0.05, 0) is 30.7 Å². The van der Waals surface area contributed by atoms with Crippen molar-refractivity contribution < 1.29 is 19.4 Å². The normalized spacial score (nSPS) is 10.6. The molecule has 4 nitrogen and oxygen atoms in total. The molecule has 0 aromatic heterocycles. The molecular formula is C21H32O4. The molecule has 25 heavy (non-hydrogen) atoms. The van der Waals surface area contributed by atoms with Gasteiger partial charge >= 0.3 is 11.9 Å². The lowest BCUT2D eigenvalue weighted by molar-refractivity contribution is 0.0496. The van der Waals surface area contributed by atoms with Crippen LogP contribution in [0.4, 0.5) is 0 Å². The molecule has 0 saturated carbocycles. The van der Waals surface area contributed by atoms with Gasteiger partial charge in [-0.1, -0.05) is 71.1 Å². The topological polar surface area (TPSA) is 63.6 Å². The maximum Gasteiger partial charge on any atom is 0.338 e. The van der Waals surface area contributed by atoms with E-state index in [9.17, 15) is 9.59 Å². The molecule has 0 aliphatic heterocycles. The van der Waals surface area contributed by atoms with E-state index < -0.39 is 5.97 Å². The van der Waals surface area contributed by atoms with Crippen molar-refractivity contribution in [1.82, 2.24) is 0 Å². The quantitative estimate of drug-likeness (QED) is 0.338. The summed E-state index contributed by atoms with van der Waals surface area (Å²) in [6.07, 6.45) is 13.8. The zero-order valence-electron chi connectivity index (χ0n) is 15.5. The van der Waals surface area contributed by atoms with Crippen molar-refractivity contribution in [3.05, 3.63) is 35.4 Å². The van der Waals surface area contributed by atoms with Crippen LogP contribution in [-0.2, 0) is 4.74 Å². The molecule has 1 N–H and O–H groups in total. The van der Waals surface area contributed by atoms with Crippen LogP contribution in [0.3, 0.4) is 0 Å². The van der Waals surface area contributed by atoms with Crippen LogP contribution in [0.25, 0.3) is 0 Å². The monoisotopic (exact) mass is 348 g/mol. The summed E-state index contributed by atoms with van der Waals surface area (Å²) in [5.41, 5.74) is 0.565. The van der Waals surface area contributed by atoms with Crippen LogP contribution in [0.1, 0.15) is 98.3 Å². The first-order valence-electron chi connectivity index (χ1n) is 9.65. The first-order valence-corrected chi connectivity index (χ1v) is 9.65. The highest BCUT2D eigenvalue weighted by molar-refractivity contribution is 5.92. The van der Waals surface area contributed by atoms with Gasteiger partial charge < -0.3 is 9.84 Å². The summed E-state index contributed by atoms with van der Waals surface area (Å²) in [7, 11) is 0. The third-order valence-electron chi connectivity index (χ3n) is 4.35. The average Bonchev–Trinajstić information content (AvgIpc) is 2.62. The minimum Gasteiger partial charge on any atom is -0.478 e. The molecule has 0 spiro atoms. The Morgan fingerprint density at radius 2 is 1.20 bits per heavy atom. The number of hydrogen-bond donors (Lipinski definition) is 1. The molecule has 0 atom stereocenters. The smallest absolute Gasteiger partial charge is 0.338 e. The molecule has 1 aromatic carbocycles. The maximum absolute atomic E-state index is 11.8. The predicted molar refractivity (Wildman–Crippen MR) is 100 cm³/mol. The van der Waals surface area contributed by atoms with Crippen molar-refractivity contribution in [2.24, 2.45) is 0 Å². The highest BCUT2D eigenvalue weighted by Crippen LogP contribution is 2.12. The van der Waals surface area contributed by atoms with Crippen LogP contribution < -0.4 is 0 Å². The van der Waals surface area contributed by atoms with Gasteiger partial charge in [0, 0.05) is 0 Å². The van der Waals surface area contributed by atoms with Crippen molar-refractivity contribution in [3.63, 3.8) is 0 Å². The van der Waals surface area contributed by atoms with Crippen LogP contribution in [0.2, 0.25) is 0 Å². The molecule has 0 fully saturated rings. The molecule has 1 rings (SSSR count). The zero-order valence-corrected chi connectivity index (χ0v) is 15.5. The van der Waals surface area contributed by atoms with E-state index >= 15 is 0 Å². The molecule has 0 amide bonds. The van der Waals surface area contributed by atoms with E-state index in [1.54, 1.807) is 0 Å². The zero-order chi connectivity index (χ0) is 18.3. The Kier molecular flexibility index (Phi) is 11.4. The Balaban J connectivity index is 1.98. The van der Waals surface area contributed by atoms with Gasteiger partial charge in [0.1, 0.15) is 0 Å². The summed E-state index contributed by atoms with van der Waals surface area (Å²) >= 11 is 0. The lowest BCUT2D eigenvalue weighted by Crippen LogP contribution is -2.07. The van der Waals surface area contributed by atoms with E-state index in [-0.39, 0.29) is 11.5 Å². The summed E-state index contributed by atoms with van der Waals surface area (Å²) in [5, 5.41) is 8.82. The first kappa shape index (κ1) is 21.2. The van der Waals surface area contributed by atoms with Crippen molar-refractivity contribution in [2.45, 2.75) is 77.6 Å².